The minimum absolute atomic E-state index is 0.00780. The van der Waals surface area contributed by atoms with Crippen molar-refractivity contribution in [1.82, 2.24) is 14.9 Å². The van der Waals surface area contributed by atoms with E-state index in [1.807, 2.05) is 0 Å². The lowest BCUT2D eigenvalue weighted by molar-refractivity contribution is -0.170. The van der Waals surface area contributed by atoms with E-state index in [1.165, 1.54) is 12.1 Å². The number of anilines is 2. The SMILES string of the molecule is [2H]C([2H])([2H])Oc1cc2ncnc(Nc3ccc(F)c(Cl)c3F)c2cc1OC1CCN(C2COC2)CC1(F)F. The molecule has 1 unspecified atom stereocenters. The lowest BCUT2D eigenvalue weighted by atomic mass is 10.0. The molecule has 0 amide bonds. The Morgan fingerprint density at radius 3 is 2.77 bits per heavy atom. The van der Waals surface area contributed by atoms with Gasteiger partial charge in [-0.2, -0.15) is 0 Å². The summed E-state index contributed by atoms with van der Waals surface area (Å²) in [5.74, 6) is -5.89. The third kappa shape index (κ3) is 4.55. The van der Waals surface area contributed by atoms with Crippen molar-refractivity contribution >= 4 is 34.0 Å². The third-order valence-corrected chi connectivity index (χ3v) is 6.42. The molecule has 12 heteroatoms. The Morgan fingerprint density at radius 2 is 2.06 bits per heavy atom. The highest BCUT2D eigenvalue weighted by Gasteiger charge is 2.48. The Hall–Kier alpha value is -2.89. The molecule has 1 atom stereocenters. The zero-order chi connectivity index (χ0) is 27.2. The van der Waals surface area contributed by atoms with Crippen LogP contribution in [0.1, 0.15) is 10.5 Å². The molecular weight excluding hydrogens is 492 g/mol. The number of hydrogen-bond acceptors (Lipinski definition) is 7. The highest BCUT2D eigenvalue weighted by Crippen LogP contribution is 2.39. The molecule has 186 valence electrons. The molecule has 2 aliphatic heterocycles. The zero-order valence-corrected chi connectivity index (χ0v) is 18.8. The van der Waals surface area contributed by atoms with Crippen LogP contribution < -0.4 is 14.8 Å². The number of nitrogens with one attached hydrogen (secondary N) is 1. The first-order valence-corrected chi connectivity index (χ1v) is 11.0. The van der Waals surface area contributed by atoms with Gasteiger partial charge in [0.05, 0.1) is 48.2 Å². The minimum Gasteiger partial charge on any atom is -0.493 e. The predicted molar refractivity (Wildman–Crippen MR) is 121 cm³/mol. The molecule has 3 aromatic rings. The van der Waals surface area contributed by atoms with Crippen LogP contribution in [0.4, 0.5) is 29.1 Å². The predicted octanol–water partition coefficient (Wildman–Crippen LogP) is 4.80. The average molecular weight is 516 g/mol. The van der Waals surface area contributed by atoms with E-state index in [0.29, 0.717) is 19.8 Å². The summed E-state index contributed by atoms with van der Waals surface area (Å²) in [4.78, 5) is 9.78. The molecule has 5 rings (SSSR count). The van der Waals surface area contributed by atoms with E-state index in [0.717, 1.165) is 18.5 Å². The lowest BCUT2D eigenvalue weighted by Gasteiger charge is -2.44. The summed E-state index contributed by atoms with van der Waals surface area (Å²) in [6, 6.07) is 4.43. The number of nitrogens with zero attached hydrogens (tertiary/aromatic N) is 3. The second-order valence-electron chi connectivity index (χ2n) is 8.31. The fourth-order valence-corrected chi connectivity index (χ4v) is 4.24. The first kappa shape index (κ1) is 20.3. The van der Waals surface area contributed by atoms with E-state index in [4.69, 9.17) is 29.9 Å². The molecule has 35 heavy (non-hydrogen) atoms. The summed E-state index contributed by atoms with van der Waals surface area (Å²) in [6.07, 6.45) is -0.503. The van der Waals surface area contributed by atoms with Crippen LogP contribution in [0, 0.1) is 11.6 Å². The monoisotopic (exact) mass is 515 g/mol. The fraction of sp³-hybridized carbons (Fsp3) is 0.391. The lowest BCUT2D eigenvalue weighted by Crippen LogP contribution is -2.60. The smallest absolute Gasteiger partial charge is 0.296 e. The number of piperidine rings is 1. The number of likely N-dealkylation sites (tertiary alicyclic amines) is 1. The Kier molecular flexibility index (Phi) is 5.39. The molecule has 0 bridgehead atoms. The van der Waals surface area contributed by atoms with Crippen molar-refractivity contribution in [3.8, 4) is 11.5 Å². The van der Waals surface area contributed by atoms with Crippen LogP contribution in [0.15, 0.2) is 30.6 Å². The topological polar surface area (TPSA) is 68.7 Å². The van der Waals surface area contributed by atoms with E-state index in [-0.39, 0.29) is 46.4 Å². The molecule has 0 radical (unpaired) electrons. The van der Waals surface area contributed by atoms with Gasteiger partial charge in [0.15, 0.2) is 23.4 Å². The number of hydrogen-bond donors (Lipinski definition) is 1. The molecule has 2 aliphatic rings. The number of ether oxygens (including phenoxy) is 3. The standard InChI is InChI=1S/C23H21ClF4N4O3/c1-33-17-7-16-13(22(30-11-29-16)31-15-3-2-14(25)20(24)21(15)26)6-18(17)35-19-4-5-32(10-23(19,27)28)12-8-34-9-12/h2-3,6-7,11-12,19H,4-5,8-10H2,1H3,(H,29,30,31)/i1D3. The molecule has 3 heterocycles. The number of halogens is 5. The first-order chi connectivity index (χ1) is 17.9. The normalized spacial score (nSPS) is 22.1. The van der Waals surface area contributed by atoms with Gasteiger partial charge in [-0.3, -0.25) is 4.90 Å². The molecule has 0 aliphatic carbocycles. The fourth-order valence-electron chi connectivity index (χ4n) is 4.08. The van der Waals surface area contributed by atoms with Gasteiger partial charge >= 0.3 is 0 Å². The van der Waals surface area contributed by atoms with Gasteiger partial charge in [-0.05, 0) is 18.2 Å². The van der Waals surface area contributed by atoms with Crippen molar-refractivity contribution in [2.45, 2.75) is 24.5 Å². The average Bonchev–Trinajstić information content (AvgIpc) is 2.79. The number of methoxy groups -OCH3 is 1. The van der Waals surface area contributed by atoms with E-state index < -0.39 is 42.3 Å². The Labute approximate surface area is 207 Å². The van der Waals surface area contributed by atoms with Crippen LogP contribution in [0.25, 0.3) is 10.9 Å². The Balaban J connectivity index is 1.50. The molecule has 1 aromatic heterocycles. The summed E-state index contributed by atoms with van der Waals surface area (Å²) < 4.78 is 96.6. The second-order valence-corrected chi connectivity index (χ2v) is 8.68. The summed E-state index contributed by atoms with van der Waals surface area (Å²) in [7, 11) is -2.91. The Morgan fingerprint density at radius 1 is 1.23 bits per heavy atom. The van der Waals surface area contributed by atoms with Crippen LogP contribution in [0.2, 0.25) is 5.02 Å². The van der Waals surface area contributed by atoms with Gasteiger partial charge in [-0.1, -0.05) is 11.6 Å². The van der Waals surface area contributed by atoms with Crippen LogP contribution in [-0.4, -0.2) is 66.3 Å². The number of aromatic nitrogens is 2. The van der Waals surface area contributed by atoms with Crippen molar-refractivity contribution in [2.75, 3.05) is 38.7 Å². The van der Waals surface area contributed by atoms with E-state index >= 15 is 8.78 Å². The van der Waals surface area contributed by atoms with Crippen molar-refractivity contribution in [1.29, 1.82) is 0 Å². The number of fused-ring (bicyclic) bond motifs is 1. The van der Waals surface area contributed by atoms with Gasteiger partial charge in [0.1, 0.15) is 23.0 Å². The third-order valence-electron chi connectivity index (χ3n) is 6.07. The van der Waals surface area contributed by atoms with Gasteiger partial charge in [0.2, 0.25) is 0 Å². The van der Waals surface area contributed by atoms with Crippen molar-refractivity contribution in [3.05, 3.63) is 47.2 Å². The van der Waals surface area contributed by atoms with Crippen LogP contribution >= 0.6 is 11.6 Å². The minimum atomic E-state index is -3.26. The molecule has 0 saturated carbocycles. The van der Waals surface area contributed by atoms with Crippen molar-refractivity contribution < 1.29 is 35.9 Å². The highest BCUT2D eigenvalue weighted by molar-refractivity contribution is 6.31. The van der Waals surface area contributed by atoms with Gasteiger partial charge in [-0.15, -0.1) is 0 Å². The van der Waals surface area contributed by atoms with Crippen LogP contribution in [0.3, 0.4) is 0 Å². The van der Waals surface area contributed by atoms with Gasteiger partial charge < -0.3 is 19.5 Å². The zero-order valence-electron chi connectivity index (χ0n) is 21.0. The number of alkyl halides is 2. The Bertz CT molecular complexity index is 1360. The molecule has 2 saturated heterocycles. The van der Waals surface area contributed by atoms with Crippen LogP contribution in [-0.2, 0) is 4.74 Å². The van der Waals surface area contributed by atoms with E-state index in [2.05, 4.69) is 15.3 Å². The summed E-state index contributed by atoms with van der Waals surface area (Å²) in [5, 5.41) is 2.12. The van der Waals surface area contributed by atoms with Crippen molar-refractivity contribution in [3.63, 3.8) is 0 Å². The molecule has 1 N–H and O–H groups in total. The van der Waals surface area contributed by atoms with Crippen molar-refractivity contribution in [2.24, 2.45) is 0 Å². The summed E-state index contributed by atoms with van der Waals surface area (Å²) in [6.45, 7) is 0.560. The second kappa shape index (κ2) is 9.29. The van der Waals surface area contributed by atoms with E-state index in [9.17, 15) is 8.78 Å². The quantitative estimate of drug-likeness (QED) is 0.373. The maximum Gasteiger partial charge on any atom is 0.296 e. The summed E-state index contributed by atoms with van der Waals surface area (Å²) >= 11 is 5.66. The largest absolute Gasteiger partial charge is 0.493 e. The summed E-state index contributed by atoms with van der Waals surface area (Å²) in [5.41, 5.74) is -0.0603. The van der Waals surface area contributed by atoms with Gasteiger partial charge in [-0.25, -0.2) is 27.5 Å². The maximum atomic E-state index is 15.1. The van der Waals surface area contributed by atoms with Gasteiger partial charge in [0.25, 0.3) is 5.92 Å². The number of rotatable bonds is 6. The molecule has 0 spiro atoms. The van der Waals surface area contributed by atoms with Crippen LogP contribution in [0.5, 0.6) is 11.5 Å². The molecule has 7 nitrogen and oxygen atoms in total. The van der Waals surface area contributed by atoms with Gasteiger partial charge in [0, 0.05) is 24.4 Å². The first-order valence-electron chi connectivity index (χ1n) is 12.2. The maximum absolute atomic E-state index is 15.1. The molecule has 2 fully saturated rings. The molecular formula is C23H21ClF4N4O3. The molecule has 2 aromatic carbocycles. The van der Waals surface area contributed by atoms with E-state index in [1.54, 1.807) is 4.90 Å². The number of benzene rings is 2. The highest BCUT2D eigenvalue weighted by atomic mass is 35.5.